The van der Waals surface area contributed by atoms with Gasteiger partial charge in [-0.2, -0.15) is 5.10 Å². The van der Waals surface area contributed by atoms with Crippen LogP contribution < -0.4 is 19.3 Å². The van der Waals surface area contributed by atoms with Crippen LogP contribution in [0.2, 0.25) is 10.0 Å². The van der Waals surface area contributed by atoms with Gasteiger partial charge in [0.15, 0.2) is 0 Å². The second-order valence-electron chi connectivity index (χ2n) is 15.6. The lowest BCUT2D eigenvalue weighted by Crippen LogP contribution is -2.49. The number of fused-ring (bicyclic) bond motifs is 5. The number of allylic oxidation sites excluding steroid dienone is 2. The molecule has 0 unspecified atom stereocenters. The van der Waals surface area contributed by atoms with Crippen molar-refractivity contribution in [3.63, 3.8) is 0 Å². The van der Waals surface area contributed by atoms with Crippen molar-refractivity contribution in [1.82, 2.24) is 9.78 Å². The maximum Gasteiger partial charge on any atom is 0.242 e. The van der Waals surface area contributed by atoms with Gasteiger partial charge in [-0.25, -0.2) is 9.80 Å². The number of hydrogen-bond acceptors (Lipinski definition) is 9. The first-order valence-corrected chi connectivity index (χ1v) is 20.2. The molecule has 4 heterocycles. The van der Waals surface area contributed by atoms with Gasteiger partial charge in [0.05, 0.1) is 48.0 Å². The molecule has 2 aliphatic heterocycles. The Labute approximate surface area is 342 Å². The molecule has 4 aliphatic rings. The molecule has 2 saturated heterocycles. The first kappa shape index (κ1) is 37.4. The van der Waals surface area contributed by atoms with Gasteiger partial charge in [-0.1, -0.05) is 40.9 Å². The van der Waals surface area contributed by atoms with Crippen LogP contribution in [0.3, 0.4) is 0 Å². The third-order valence-electron chi connectivity index (χ3n) is 12.7. The molecule has 6 atom stereocenters. The van der Waals surface area contributed by atoms with Crippen molar-refractivity contribution in [2.24, 2.45) is 36.1 Å². The summed E-state index contributed by atoms with van der Waals surface area (Å²) in [6, 6.07) is 15.5. The van der Waals surface area contributed by atoms with Gasteiger partial charge in [-0.05, 0) is 86.4 Å². The standard InChI is InChI=1S/C43H38Cl2N4O7S/c1-19-7-9-22(14-29(19)45)48-39(51)25-11-10-24-27(35(25)41(48)53)17-28-40(52)49(42(54)43(28,3)37(24)36-31(55-5)15-23(50)16-32(36)56-6)34-18-30(46-47(34)4)38-20(2)26-13-21(44)8-12-33(26)57-38/h7-10,12-16,18,25,27-28,35,37,50H,11,17H2,1-6H3/t25-,27+,28-,35-,37+,43+/m0/s1. The lowest BCUT2D eigenvalue weighted by atomic mass is 9.51. The minimum absolute atomic E-state index is 0.111. The number of benzene rings is 3. The highest BCUT2D eigenvalue weighted by Gasteiger charge is 2.68. The molecule has 14 heteroatoms. The van der Waals surface area contributed by atoms with E-state index in [1.54, 1.807) is 54.3 Å². The predicted octanol–water partition coefficient (Wildman–Crippen LogP) is 8.38. The molecule has 2 aromatic heterocycles. The van der Waals surface area contributed by atoms with Crippen LogP contribution in [0.4, 0.5) is 11.5 Å². The minimum Gasteiger partial charge on any atom is -0.508 e. The number of phenolic OH excluding ortho intramolecular Hbond substituents is 1. The zero-order valence-corrected chi connectivity index (χ0v) is 34.3. The lowest BCUT2D eigenvalue weighted by Gasteiger charge is -2.49. The molecule has 0 bridgehead atoms. The fourth-order valence-electron chi connectivity index (χ4n) is 9.94. The molecule has 292 valence electrons. The van der Waals surface area contributed by atoms with Crippen LogP contribution in [-0.2, 0) is 26.2 Å². The van der Waals surface area contributed by atoms with Gasteiger partial charge in [0.2, 0.25) is 23.6 Å². The Hall–Kier alpha value is -5.17. The Bertz CT molecular complexity index is 2630. The lowest BCUT2D eigenvalue weighted by molar-refractivity contribution is -0.131. The van der Waals surface area contributed by atoms with Gasteiger partial charge in [-0.15, -0.1) is 11.3 Å². The van der Waals surface area contributed by atoms with E-state index >= 15 is 9.59 Å². The average Bonchev–Trinajstić information content (AvgIpc) is 3.85. The summed E-state index contributed by atoms with van der Waals surface area (Å²) in [5.41, 5.74) is 2.59. The molecule has 3 aromatic carbocycles. The number of amides is 4. The number of methoxy groups -OCH3 is 2. The first-order valence-electron chi connectivity index (χ1n) is 18.6. The number of thiophene rings is 1. The van der Waals surface area contributed by atoms with Crippen molar-refractivity contribution in [2.45, 2.75) is 39.5 Å². The summed E-state index contributed by atoms with van der Waals surface area (Å²) in [4.78, 5) is 62.5. The number of halogens is 2. The molecule has 9 rings (SSSR count). The number of aromatic nitrogens is 2. The molecule has 0 spiro atoms. The Morgan fingerprint density at radius 2 is 1.61 bits per heavy atom. The molecule has 1 N–H and O–H groups in total. The molecular formula is C43H38Cl2N4O7S. The van der Waals surface area contributed by atoms with Gasteiger partial charge in [0, 0.05) is 51.5 Å². The van der Waals surface area contributed by atoms with E-state index in [4.69, 9.17) is 37.8 Å². The van der Waals surface area contributed by atoms with Gasteiger partial charge in [0.1, 0.15) is 28.8 Å². The van der Waals surface area contributed by atoms with Crippen LogP contribution >= 0.6 is 34.5 Å². The van der Waals surface area contributed by atoms with Crippen LogP contribution in [0.5, 0.6) is 17.2 Å². The normalized spacial score (nSPS) is 25.5. The summed E-state index contributed by atoms with van der Waals surface area (Å²) in [6.45, 7) is 5.63. The maximum absolute atomic E-state index is 15.3. The number of anilines is 2. The second-order valence-corrected chi connectivity index (χ2v) is 17.5. The SMILES string of the molecule is COc1cc(O)cc(OC)c1[C@H]1C2=CC[C@@H]3C(=O)N(c4ccc(C)c(Cl)c4)C(=O)[C@@H]3[C@@H]2C[C@H]2C(=O)N(c3cc(-c4sc5ccc(Cl)cc5c4C)nn3C)C(=O)[C@@]12C. The van der Waals surface area contributed by atoms with Gasteiger partial charge in [-0.3, -0.25) is 23.9 Å². The van der Waals surface area contributed by atoms with Crippen molar-refractivity contribution in [2.75, 3.05) is 24.0 Å². The van der Waals surface area contributed by atoms with E-state index in [2.05, 4.69) is 0 Å². The van der Waals surface area contributed by atoms with E-state index in [-0.39, 0.29) is 41.9 Å². The molecule has 2 aliphatic carbocycles. The van der Waals surface area contributed by atoms with Gasteiger partial charge >= 0.3 is 0 Å². The Morgan fingerprint density at radius 3 is 2.30 bits per heavy atom. The quantitative estimate of drug-likeness (QED) is 0.134. The molecule has 4 amide bonds. The summed E-state index contributed by atoms with van der Waals surface area (Å²) in [7, 11) is 4.62. The van der Waals surface area contributed by atoms with E-state index in [0.29, 0.717) is 32.8 Å². The molecule has 57 heavy (non-hydrogen) atoms. The number of aromatic hydroxyl groups is 1. The van der Waals surface area contributed by atoms with E-state index in [1.165, 1.54) is 36.2 Å². The minimum atomic E-state index is -1.41. The molecule has 11 nitrogen and oxygen atoms in total. The van der Waals surface area contributed by atoms with Gasteiger partial charge in [0.25, 0.3) is 0 Å². The summed E-state index contributed by atoms with van der Waals surface area (Å²) >= 11 is 14.4. The highest BCUT2D eigenvalue weighted by atomic mass is 35.5. The molecular weight excluding hydrogens is 787 g/mol. The Morgan fingerprint density at radius 1 is 0.895 bits per heavy atom. The van der Waals surface area contributed by atoms with Crippen molar-refractivity contribution in [3.8, 4) is 27.8 Å². The van der Waals surface area contributed by atoms with Crippen molar-refractivity contribution >= 4 is 79.8 Å². The smallest absolute Gasteiger partial charge is 0.242 e. The fraction of sp³-hybridized carbons (Fsp3) is 0.326. The van der Waals surface area contributed by atoms with Crippen LogP contribution in [0, 0.1) is 42.9 Å². The third-order valence-corrected chi connectivity index (χ3v) is 14.7. The van der Waals surface area contributed by atoms with E-state index in [9.17, 15) is 14.7 Å². The van der Waals surface area contributed by atoms with E-state index < -0.39 is 46.8 Å². The second kappa shape index (κ2) is 13.2. The van der Waals surface area contributed by atoms with E-state index in [1.807, 2.05) is 38.1 Å². The third kappa shape index (κ3) is 5.26. The average molecular weight is 826 g/mol. The fourth-order valence-corrected chi connectivity index (χ4v) is 11.4. The number of phenols is 1. The number of nitrogens with zero attached hydrogens (tertiary/aromatic N) is 4. The number of rotatable bonds is 6. The number of aryl methyl sites for hydroxylation is 3. The van der Waals surface area contributed by atoms with Crippen LogP contribution in [0.15, 0.2) is 66.2 Å². The van der Waals surface area contributed by atoms with Crippen molar-refractivity contribution in [1.29, 1.82) is 0 Å². The molecule has 0 radical (unpaired) electrons. The zero-order chi connectivity index (χ0) is 40.4. The van der Waals surface area contributed by atoms with Crippen molar-refractivity contribution in [3.05, 3.63) is 93.0 Å². The summed E-state index contributed by atoms with van der Waals surface area (Å²) in [5.74, 6) is -4.72. The Balaban J connectivity index is 1.19. The Kier molecular flexibility index (Phi) is 8.65. The highest BCUT2D eigenvalue weighted by Crippen LogP contribution is 2.66. The van der Waals surface area contributed by atoms with Crippen LogP contribution in [0.1, 0.15) is 42.4 Å². The molecule has 3 fully saturated rings. The monoisotopic (exact) mass is 824 g/mol. The number of hydrogen-bond donors (Lipinski definition) is 1. The number of imide groups is 2. The number of carbonyl (C=O) groups excluding carboxylic acids is 4. The highest BCUT2D eigenvalue weighted by molar-refractivity contribution is 7.22. The van der Waals surface area contributed by atoms with E-state index in [0.717, 1.165) is 31.7 Å². The predicted molar refractivity (Wildman–Crippen MR) is 218 cm³/mol. The first-order chi connectivity index (χ1) is 27.2. The van der Waals surface area contributed by atoms with Crippen LogP contribution in [0.25, 0.3) is 20.7 Å². The van der Waals surface area contributed by atoms with Gasteiger partial charge < -0.3 is 14.6 Å². The molecule has 5 aromatic rings. The number of ether oxygens (including phenoxy) is 2. The largest absolute Gasteiger partial charge is 0.508 e. The summed E-state index contributed by atoms with van der Waals surface area (Å²) in [5, 5.41) is 17.6. The topological polar surface area (TPSA) is 131 Å². The summed E-state index contributed by atoms with van der Waals surface area (Å²) in [6.07, 6.45) is 2.35. The van der Waals surface area contributed by atoms with Crippen LogP contribution in [-0.4, -0.2) is 52.7 Å². The maximum atomic E-state index is 15.3. The zero-order valence-electron chi connectivity index (χ0n) is 31.9. The number of carbonyl (C=O) groups is 4. The summed E-state index contributed by atoms with van der Waals surface area (Å²) < 4.78 is 14.3. The van der Waals surface area contributed by atoms with Crippen molar-refractivity contribution < 1.29 is 33.8 Å². The molecule has 1 saturated carbocycles.